The molecular formula is C54H32O. The van der Waals surface area contributed by atoms with Crippen LogP contribution in [0.15, 0.2) is 199 Å². The Morgan fingerprint density at radius 3 is 1.45 bits per heavy atom. The molecule has 0 amide bonds. The van der Waals surface area contributed by atoms with Crippen LogP contribution in [0.3, 0.4) is 0 Å². The van der Waals surface area contributed by atoms with Crippen LogP contribution in [0.25, 0.3) is 120 Å². The summed E-state index contributed by atoms with van der Waals surface area (Å²) in [7, 11) is 0. The van der Waals surface area contributed by atoms with Crippen LogP contribution in [0.1, 0.15) is 0 Å². The van der Waals surface area contributed by atoms with Crippen LogP contribution in [0.5, 0.6) is 0 Å². The summed E-state index contributed by atoms with van der Waals surface area (Å²) in [5.41, 5.74) is 9.25. The number of benzene rings is 11. The molecule has 0 unspecified atom stereocenters. The van der Waals surface area contributed by atoms with E-state index in [-0.39, 0.29) is 0 Å². The lowest BCUT2D eigenvalue weighted by Gasteiger charge is -2.19. The number of hydrogen-bond donors (Lipinski definition) is 0. The molecule has 0 N–H and O–H groups in total. The summed E-state index contributed by atoms with van der Waals surface area (Å²) >= 11 is 0. The molecule has 0 saturated heterocycles. The highest BCUT2D eigenvalue weighted by Gasteiger charge is 2.20. The Kier molecular flexibility index (Phi) is 6.40. The van der Waals surface area contributed by atoms with Crippen LogP contribution in [0.4, 0.5) is 0 Å². The van der Waals surface area contributed by atoms with Gasteiger partial charge in [-0.05, 0) is 122 Å². The Hall–Kier alpha value is -7.22. The number of furan rings is 1. The zero-order valence-electron chi connectivity index (χ0n) is 29.9. The molecule has 11 aromatic carbocycles. The lowest BCUT2D eigenvalue weighted by molar-refractivity contribution is 0.669. The molecule has 0 atom stereocenters. The van der Waals surface area contributed by atoms with Gasteiger partial charge in [0.05, 0.1) is 0 Å². The molecule has 1 heterocycles. The average molecular weight is 697 g/mol. The van der Waals surface area contributed by atoms with E-state index in [1.807, 2.05) is 0 Å². The van der Waals surface area contributed by atoms with Gasteiger partial charge in [-0.25, -0.2) is 0 Å². The van der Waals surface area contributed by atoms with Crippen LogP contribution in [-0.4, -0.2) is 0 Å². The molecule has 0 aliphatic carbocycles. The summed E-state index contributed by atoms with van der Waals surface area (Å²) in [5, 5.41) is 17.3. The van der Waals surface area contributed by atoms with Gasteiger partial charge in [-0.15, -0.1) is 0 Å². The molecule has 12 rings (SSSR count). The third-order valence-electron chi connectivity index (χ3n) is 11.8. The van der Waals surface area contributed by atoms with Gasteiger partial charge in [0.15, 0.2) is 0 Å². The SMILES string of the molecule is c1ccc2c(-c3c4ccccc4c(-c4ccc5cc(-c6cc7oc8ccc9ccccc9c8c7c7ccccc67)ccc5c4)c4ccccc34)cccc2c1. The Labute approximate surface area is 317 Å². The first-order valence-electron chi connectivity index (χ1n) is 19.0. The summed E-state index contributed by atoms with van der Waals surface area (Å²) in [6.07, 6.45) is 0. The minimum absolute atomic E-state index is 0.918. The van der Waals surface area contributed by atoms with Crippen LogP contribution < -0.4 is 0 Å². The van der Waals surface area contributed by atoms with Crippen LogP contribution in [-0.2, 0) is 0 Å². The van der Waals surface area contributed by atoms with E-state index in [1.54, 1.807) is 0 Å². The van der Waals surface area contributed by atoms with Crippen molar-refractivity contribution in [1.29, 1.82) is 0 Å². The Balaban J connectivity index is 1.05. The molecule has 0 fully saturated rings. The first kappa shape index (κ1) is 30.3. The predicted octanol–water partition coefficient (Wildman–Crippen LogP) is 15.5. The van der Waals surface area contributed by atoms with E-state index >= 15 is 0 Å². The number of rotatable bonds is 3. The van der Waals surface area contributed by atoms with Crippen molar-refractivity contribution in [3.05, 3.63) is 194 Å². The van der Waals surface area contributed by atoms with E-state index < -0.39 is 0 Å². The van der Waals surface area contributed by atoms with Crippen molar-refractivity contribution in [2.45, 2.75) is 0 Å². The number of hydrogen-bond acceptors (Lipinski definition) is 1. The summed E-state index contributed by atoms with van der Waals surface area (Å²) in [6, 6.07) is 71.0. The second-order valence-corrected chi connectivity index (χ2v) is 14.7. The van der Waals surface area contributed by atoms with Gasteiger partial charge in [-0.2, -0.15) is 0 Å². The largest absolute Gasteiger partial charge is 0.456 e. The molecule has 0 radical (unpaired) electrons. The van der Waals surface area contributed by atoms with Crippen molar-refractivity contribution >= 4 is 86.6 Å². The van der Waals surface area contributed by atoms with Crippen molar-refractivity contribution in [2.75, 3.05) is 0 Å². The Morgan fingerprint density at radius 1 is 0.255 bits per heavy atom. The first-order valence-corrected chi connectivity index (χ1v) is 19.0. The predicted molar refractivity (Wildman–Crippen MR) is 235 cm³/mol. The van der Waals surface area contributed by atoms with Gasteiger partial charge < -0.3 is 4.42 Å². The molecule has 0 aliphatic rings. The quantitative estimate of drug-likeness (QED) is 0.168. The zero-order valence-corrected chi connectivity index (χ0v) is 29.9. The minimum atomic E-state index is 0.918. The highest BCUT2D eigenvalue weighted by molar-refractivity contribution is 6.28. The summed E-state index contributed by atoms with van der Waals surface area (Å²) in [5.74, 6) is 0. The minimum Gasteiger partial charge on any atom is -0.456 e. The molecule has 55 heavy (non-hydrogen) atoms. The van der Waals surface area contributed by atoms with Crippen LogP contribution >= 0.6 is 0 Å². The van der Waals surface area contributed by atoms with E-state index in [0.717, 1.165) is 11.2 Å². The van der Waals surface area contributed by atoms with Gasteiger partial charge in [-0.3, -0.25) is 0 Å². The third-order valence-corrected chi connectivity index (χ3v) is 11.8. The Morgan fingerprint density at radius 2 is 0.745 bits per heavy atom. The van der Waals surface area contributed by atoms with Gasteiger partial charge in [0.25, 0.3) is 0 Å². The Bertz CT molecular complexity index is 3490. The smallest absolute Gasteiger partial charge is 0.136 e. The highest BCUT2D eigenvalue weighted by atomic mass is 16.3. The van der Waals surface area contributed by atoms with E-state index in [9.17, 15) is 0 Å². The fourth-order valence-corrected chi connectivity index (χ4v) is 9.38. The molecule has 0 spiro atoms. The molecule has 12 aromatic rings. The summed E-state index contributed by atoms with van der Waals surface area (Å²) < 4.78 is 6.61. The summed E-state index contributed by atoms with van der Waals surface area (Å²) in [6.45, 7) is 0. The lowest BCUT2D eigenvalue weighted by Crippen LogP contribution is -1.91. The molecule has 1 heteroatoms. The van der Waals surface area contributed by atoms with Gasteiger partial charge in [0.1, 0.15) is 11.2 Å². The van der Waals surface area contributed by atoms with Crippen molar-refractivity contribution in [2.24, 2.45) is 0 Å². The van der Waals surface area contributed by atoms with Gasteiger partial charge in [0, 0.05) is 10.8 Å². The molecule has 1 aromatic heterocycles. The second kappa shape index (κ2) is 11.6. The monoisotopic (exact) mass is 696 g/mol. The van der Waals surface area contributed by atoms with Gasteiger partial charge in [0.2, 0.25) is 0 Å². The fraction of sp³-hybridized carbons (Fsp3) is 0. The van der Waals surface area contributed by atoms with E-state index in [4.69, 9.17) is 4.42 Å². The molecule has 0 bridgehead atoms. The van der Waals surface area contributed by atoms with Gasteiger partial charge >= 0.3 is 0 Å². The molecule has 0 aliphatic heterocycles. The maximum atomic E-state index is 6.61. The van der Waals surface area contributed by atoms with Crippen molar-refractivity contribution < 1.29 is 4.42 Å². The maximum Gasteiger partial charge on any atom is 0.136 e. The molecular weight excluding hydrogens is 665 g/mol. The second-order valence-electron chi connectivity index (χ2n) is 14.7. The van der Waals surface area contributed by atoms with E-state index in [0.29, 0.717) is 0 Å². The fourth-order valence-electron chi connectivity index (χ4n) is 9.38. The van der Waals surface area contributed by atoms with Crippen molar-refractivity contribution in [1.82, 2.24) is 0 Å². The van der Waals surface area contributed by atoms with Crippen molar-refractivity contribution in [3.63, 3.8) is 0 Å². The zero-order chi connectivity index (χ0) is 36.0. The van der Waals surface area contributed by atoms with E-state index in [2.05, 4.69) is 194 Å². The molecule has 1 nitrogen and oxygen atoms in total. The molecule has 254 valence electrons. The van der Waals surface area contributed by atoms with Gasteiger partial charge in [-0.1, -0.05) is 170 Å². The third kappa shape index (κ3) is 4.48. The highest BCUT2D eigenvalue weighted by Crippen LogP contribution is 2.47. The molecule has 0 saturated carbocycles. The normalized spacial score (nSPS) is 12.0. The van der Waals surface area contributed by atoms with Crippen molar-refractivity contribution in [3.8, 4) is 33.4 Å². The average Bonchev–Trinajstić information content (AvgIpc) is 3.64. The first-order chi connectivity index (χ1) is 27.3. The lowest BCUT2D eigenvalue weighted by atomic mass is 9.84. The van der Waals surface area contributed by atoms with E-state index in [1.165, 1.54) is 109 Å². The maximum absolute atomic E-state index is 6.61. The van der Waals surface area contributed by atoms with Crippen LogP contribution in [0.2, 0.25) is 0 Å². The summed E-state index contributed by atoms with van der Waals surface area (Å²) in [4.78, 5) is 0. The number of fused-ring (bicyclic) bond motifs is 11. The van der Waals surface area contributed by atoms with Crippen LogP contribution in [0, 0.1) is 0 Å². The topological polar surface area (TPSA) is 13.1 Å². The standard InChI is InChI=1S/C54H32O/c1-3-15-39-33(12-1)14-11-23-42(39)52-46-21-9-7-19-44(46)51(45-20-8-10-22-47(45)52)38-27-25-35-30-37(26-24-36(35)31-38)48-32-50-54(43-18-6-5-17-41(43)48)53-40-16-4-2-13-34(40)28-29-49(53)55-50/h1-32H.